The largest absolute Gasteiger partial charge is 0.497 e. The van der Waals surface area contributed by atoms with Crippen molar-refractivity contribution in [2.24, 2.45) is 0 Å². The fourth-order valence-electron chi connectivity index (χ4n) is 3.30. The normalized spacial score (nSPS) is 9.63. The Balaban J connectivity index is 0. The van der Waals surface area contributed by atoms with Crippen LogP contribution in [0.2, 0.25) is 0 Å². The summed E-state index contributed by atoms with van der Waals surface area (Å²) >= 11 is 9.24. The van der Waals surface area contributed by atoms with Gasteiger partial charge in [0.15, 0.2) is 0 Å². The summed E-state index contributed by atoms with van der Waals surface area (Å²) < 4.78 is 16.7. The number of halogens is 2. The number of hydrogen-bond donors (Lipinski definition) is 2. The molecule has 0 spiro atoms. The molecule has 6 nitrogen and oxygen atoms in total. The number of alkyl halides is 1. The van der Waals surface area contributed by atoms with Crippen LogP contribution in [0.5, 0.6) is 5.75 Å². The van der Waals surface area contributed by atoms with Gasteiger partial charge in [-0.3, -0.25) is 9.18 Å². The van der Waals surface area contributed by atoms with Crippen molar-refractivity contribution in [3.05, 3.63) is 114 Å². The second kappa shape index (κ2) is 30.1. The molecule has 0 bridgehead atoms. The number of thiol groups is 1. The minimum absolute atomic E-state index is 0.0753. The zero-order valence-corrected chi connectivity index (χ0v) is 28.1. The standard InChI is InChI=1S/C23H28N4O2.C5H7ClS.C3H6.C2H6.CH3F/c1-29-21-13-11-20(12-14-21)17-24-23(28)10-6-5-9-22-26-25-18-27(22)16-15-19-7-3-2-4-8-19;1-2-5(3-6)4-7;1-3-2;2*1-2/h2-4,7-8,11-14,18H,5-6,9-10,15-17H2,1H3,(H,24,28);2-3,7H,1,4H2;3H,1H2,2H3;1-2H3;1H3/b;5-3-;;;. The smallest absolute Gasteiger partial charge is 0.220 e. The van der Waals surface area contributed by atoms with E-state index >= 15 is 0 Å². The maximum Gasteiger partial charge on any atom is 0.220 e. The Labute approximate surface area is 269 Å². The van der Waals surface area contributed by atoms with E-state index in [0.717, 1.165) is 54.9 Å². The van der Waals surface area contributed by atoms with Crippen molar-refractivity contribution in [1.29, 1.82) is 0 Å². The SMILES string of the molecule is C=C/C(=C/Cl)CS.C=CC.CC.CF.COc1ccc(CNC(=O)CCCCc2nncn2CCc2ccccc2)cc1. The summed E-state index contributed by atoms with van der Waals surface area (Å²) in [6, 6.07) is 18.1. The zero-order valence-electron chi connectivity index (χ0n) is 26.4. The fraction of sp³-hybridized carbons (Fsp3) is 0.382. The number of amides is 1. The molecule has 0 aliphatic carbocycles. The molecule has 0 aliphatic rings. The second-order valence-corrected chi connectivity index (χ2v) is 9.00. The third-order valence-corrected chi connectivity index (χ3v) is 6.11. The lowest BCUT2D eigenvalue weighted by Gasteiger charge is -2.08. The van der Waals surface area contributed by atoms with E-state index in [1.165, 1.54) is 11.1 Å². The maximum absolute atomic E-state index is 12.1. The van der Waals surface area contributed by atoms with E-state index in [-0.39, 0.29) is 5.91 Å². The predicted octanol–water partition coefficient (Wildman–Crippen LogP) is 8.59. The summed E-state index contributed by atoms with van der Waals surface area (Å²) in [6.07, 6.45) is 9.29. The lowest BCUT2D eigenvalue weighted by molar-refractivity contribution is -0.121. The van der Waals surface area contributed by atoms with Crippen LogP contribution in [0.4, 0.5) is 4.39 Å². The first-order valence-corrected chi connectivity index (χ1v) is 15.4. The Morgan fingerprint density at radius 3 is 2.19 bits per heavy atom. The predicted molar refractivity (Wildman–Crippen MR) is 185 cm³/mol. The van der Waals surface area contributed by atoms with Crippen molar-refractivity contribution in [3.63, 3.8) is 0 Å². The minimum Gasteiger partial charge on any atom is -0.497 e. The van der Waals surface area contributed by atoms with Gasteiger partial charge in [-0.05, 0) is 55.0 Å². The molecule has 0 fully saturated rings. The summed E-state index contributed by atoms with van der Waals surface area (Å²) in [7, 11) is 2.14. The van der Waals surface area contributed by atoms with Crippen LogP contribution < -0.4 is 10.1 Å². The van der Waals surface area contributed by atoms with Crippen molar-refractivity contribution in [2.45, 2.75) is 66.0 Å². The van der Waals surface area contributed by atoms with Crippen molar-refractivity contribution >= 4 is 30.1 Å². The van der Waals surface area contributed by atoms with Gasteiger partial charge in [0.2, 0.25) is 5.91 Å². The molecule has 2 aromatic carbocycles. The topological polar surface area (TPSA) is 69.0 Å². The Kier molecular flexibility index (Phi) is 29.3. The molecule has 0 atom stereocenters. The lowest BCUT2D eigenvalue weighted by atomic mass is 10.1. The number of aryl methyl sites for hydroxylation is 3. The number of carbonyl (C=O) groups is 1. The summed E-state index contributed by atoms with van der Waals surface area (Å²) in [5.74, 6) is 2.54. The average molecular weight is 633 g/mol. The van der Waals surface area contributed by atoms with Crippen molar-refractivity contribution in [3.8, 4) is 5.75 Å². The van der Waals surface area contributed by atoms with Gasteiger partial charge in [-0.25, -0.2) is 0 Å². The lowest BCUT2D eigenvalue weighted by Crippen LogP contribution is -2.22. The first-order valence-electron chi connectivity index (χ1n) is 14.3. The second-order valence-electron chi connectivity index (χ2n) is 8.46. The van der Waals surface area contributed by atoms with Crippen LogP contribution in [0.3, 0.4) is 0 Å². The van der Waals surface area contributed by atoms with Crippen LogP contribution >= 0.6 is 24.2 Å². The molecule has 3 rings (SSSR count). The van der Waals surface area contributed by atoms with Gasteiger partial charge in [0.25, 0.3) is 0 Å². The molecule has 43 heavy (non-hydrogen) atoms. The van der Waals surface area contributed by atoms with Crippen LogP contribution in [0.15, 0.2) is 97.3 Å². The molecule has 1 amide bonds. The molecule has 0 saturated heterocycles. The maximum atomic E-state index is 12.1. The molecule has 1 aromatic heterocycles. The highest BCUT2D eigenvalue weighted by molar-refractivity contribution is 7.80. The van der Waals surface area contributed by atoms with Crippen LogP contribution in [0.25, 0.3) is 0 Å². The first-order chi connectivity index (χ1) is 21.0. The Bertz CT molecular complexity index is 1120. The number of rotatable bonds is 13. The molecule has 0 saturated carbocycles. The van der Waals surface area contributed by atoms with Gasteiger partial charge in [-0.15, -0.1) is 16.8 Å². The van der Waals surface area contributed by atoms with E-state index in [1.807, 2.05) is 51.1 Å². The average Bonchev–Trinajstić information content (AvgIpc) is 3.52. The highest BCUT2D eigenvalue weighted by Crippen LogP contribution is 2.11. The third kappa shape index (κ3) is 21.1. The molecule has 3 aromatic rings. The number of methoxy groups -OCH3 is 1. The van der Waals surface area contributed by atoms with Gasteiger partial charge in [0, 0.05) is 37.2 Å². The van der Waals surface area contributed by atoms with Crippen LogP contribution in [-0.2, 0) is 30.7 Å². The number of carbonyl (C=O) groups excluding carboxylic acids is 1. The number of aromatic nitrogens is 3. The van der Waals surface area contributed by atoms with Gasteiger partial charge in [-0.1, -0.05) is 86.6 Å². The molecular formula is C34H50ClFN4O2S. The van der Waals surface area contributed by atoms with E-state index in [2.05, 4.69) is 70.1 Å². The summed E-state index contributed by atoms with van der Waals surface area (Å²) in [5, 5.41) is 11.3. The molecule has 1 heterocycles. The monoisotopic (exact) mass is 632 g/mol. The first kappa shape index (κ1) is 41.8. The molecule has 238 valence electrons. The number of hydrogen-bond acceptors (Lipinski definition) is 5. The molecule has 0 aliphatic heterocycles. The van der Waals surface area contributed by atoms with Gasteiger partial charge < -0.3 is 14.6 Å². The summed E-state index contributed by atoms with van der Waals surface area (Å²) in [5.41, 5.74) is 4.79. The Hall–Kier alpha value is -3.36. The van der Waals surface area contributed by atoms with Crippen molar-refractivity contribution in [2.75, 3.05) is 20.0 Å². The van der Waals surface area contributed by atoms with Crippen LogP contribution in [0.1, 0.15) is 57.0 Å². The summed E-state index contributed by atoms with van der Waals surface area (Å²) in [4.78, 5) is 12.1. The minimum atomic E-state index is 0.0753. The number of nitrogens with one attached hydrogen (secondary N) is 1. The van der Waals surface area contributed by atoms with Crippen molar-refractivity contribution in [1.82, 2.24) is 20.1 Å². The third-order valence-electron chi connectivity index (χ3n) is 5.47. The number of ether oxygens (including phenoxy) is 1. The van der Waals surface area contributed by atoms with E-state index < -0.39 is 0 Å². The van der Waals surface area contributed by atoms with E-state index in [0.29, 0.717) is 25.9 Å². The van der Waals surface area contributed by atoms with Gasteiger partial charge >= 0.3 is 0 Å². The number of benzene rings is 2. The van der Waals surface area contributed by atoms with Gasteiger partial charge in [-0.2, -0.15) is 12.6 Å². The molecular weight excluding hydrogens is 583 g/mol. The van der Waals surface area contributed by atoms with Crippen molar-refractivity contribution < 1.29 is 13.9 Å². The summed E-state index contributed by atoms with van der Waals surface area (Å²) in [6.45, 7) is 14.2. The fourth-order valence-corrected chi connectivity index (χ4v) is 3.79. The highest BCUT2D eigenvalue weighted by Gasteiger charge is 2.06. The zero-order chi connectivity index (χ0) is 32.7. The molecule has 0 unspecified atom stereocenters. The number of unbranched alkanes of at least 4 members (excludes halogenated alkanes) is 1. The quantitative estimate of drug-likeness (QED) is 0.0857. The molecule has 0 radical (unpaired) electrons. The number of allylic oxidation sites excluding steroid dienone is 2. The number of nitrogens with zero attached hydrogens (tertiary/aromatic N) is 3. The van der Waals surface area contributed by atoms with Gasteiger partial charge in [0.05, 0.1) is 14.3 Å². The highest BCUT2D eigenvalue weighted by atomic mass is 35.5. The molecule has 9 heteroatoms. The Morgan fingerprint density at radius 1 is 1.05 bits per heavy atom. The van der Waals surface area contributed by atoms with Gasteiger partial charge in [0.1, 0.15) is 17.9 Å². The molecule has 1 N–H and O–H groups in total. The van der Waals surface area contributed by atoms with Crippen LogP contribution in [0, 0.1) is 0 Å². The van der Waals surface area contributed by atoms with Crippen LogP contribution in [-0.4, -0.2) is 40.7 Å². The Morgan fingerprint density at radius 2 is 1.67 bits per heavy atom. The van der Waals surface area contributed by atoms with E-state index in [1.54, 1.807) is 25.6 Å². The van der Waals surface area contributed by atoms with E-state index in [4.69, 9.17) is 16.3 Å². The van der Waals surface area contributed by atoms with E-state index in [9.17, 15) is 9.18 Å².